The third-order valence-electron chi connectivity index (χ3n) is 3.70. The van der Waals surface area contributed by atoms with Crippen molar-refractivity contribution in [1.82, 2.24) is 15.5 Å². The summed E-state index contributed by atoms with van der Waals surface area (Å²) in [5, 5.41) is 5.30. The van der Waals surface area contributed by atoms with E-state index < -0.39 is 11.7 Å². The van der Waals surface area contributed by atoms with Crippen LogP contribution in [0.2, 0.25) is 0 Å². The lowest BCUT2D eigenvalue weighted by Gasteiger charge is -2.31. The van der Waals surface area contributed by atoms with Gasteiger partial charge in [-0.15, -0.1) is 0 Å². The number of likely N-dealkylation sites (tertiary alicyclic amines) is 1. The molecule has 1 heterocycles. The normalized spacial score (nSPS) is 15.9. The number of carbonyl (C=O) groups is 3. The smallest absolute Gasteiger partial charge is 0.407 e. The minimum Gasteiger partial charge on any atom is -0.444 e. The molecule has 3 amide bonds. The lowest BCUT2D eigenvalue weighted by molar-refractivity contribution is -0.135. The third-order valence-corrected chi connectivity index (χ3v) is 3.70. The van der Waals surface area contributed by atoms with Crippen molar-refractivity contribution < 1.29 is 19.1 Å². The van der Waals surface area contributed by atoms with E-state index in [-0.39, 0.29) is 17.7 Å². The van der Waals surface area contributed by atoms with Crippen molar-refractivity contribution in [3.63, 3.8) is 0 Å². The van der Waals surface area contributed by atoms with Gasteiger partial charge in [0.2, 0.25) is 11.8 Å². The lowest BCUT2D eigenvalue weighted by atomic mass is 9.96. The van der Waals surface area contributed by atoms with Crippen LogP contribution in [0.1, 0.15) is 46.5 Å². The molecule has 7 heteroatoms. The second-order valence-corrected chi connectivity index (χ2v) is 6.80. The average Bonchev–Trinajstić information content (AvgIpc) is 2.49. The summed E-state index contributed by atoms with van der Waals surface area (Å²) in [6.07, 6.45) is 1.92. The van der Waals surface area contributed by atoms with E-state index in [1.807, 2.05) is 0 Å². The third kappa shape index (κ3) is 7.34. The Kier molecular flexibility index (Phi) is 7.32. The molecule has 1 fully saturated rings. The molecule has 0 saturated carbocycles. The van der Waals surface area contributed by atoms with Gasteiger partial charge in [0.05, 0.1) is 0 Å². The molecule has 2 N–H and O–H groups in total. The van der Waals surface area contributed by atoms with E-state index in [9.17, 15) is 14.4 Å². The van der Waals surface area contributed by atoms with Gasteiger partial charge >= 0.3 is 6.09 Å². The monoisotopic (exact) mass is 327 g/mol. The fraction of sp³-hybridized carbons (Fsp3) is 0.812. The molecule has 0 atom stereocenters. The Morgan fingerprint density at radius 1 is 1.17 bits per heavy atom. The second kappa shape index (κ2) is 8.74. The maximum absolute atomic E-state index is 12.1. The van der Waals surface area contributed by atoms with Gasteiger partial charge in [-0.25, -0.2) is 4.79 Å². The molecule has 0 aromatic rings. The highest BCUT2D eigenvalue weighted by molar-refractivity contribution is 5.79. The summed E-state index contributed by atoms with van der Waals surface area (Å²) in [6.45, 7) is 7.07. The number of amides is 3. The van der Waals surface area contributed by atoms with Crippen molar-refractivity contribution >= 4 is 17.9 Å². The first-order valence-corrected chi connectivity index (χ1v) is 8.19. The maximum Gasteiger partial charge on any atom is 0.407 e. The van der Waals surface area contributed by atoms with Gasteiger partial charge in [-0.2, -0.15) is 0 Å². The van der Waals surface area contributed by atoms with Crippen molar-refractivity contribution in [3.05, 3.63) is 0 Å². The highest BCUT2D eigenvalue weighted by Crippen LogP contribution is 2.18. The molecule has 1 aliphatic heterocycles. The second-order valence-electron chi connectivity index (χ2n) is 6.80. The molecule has 1 rings (SSSR count). The molecule has 0 aromatic heterocycles. The van der Waals surface area contributed by atoms with Crippen LogP contribution in [-0.4, -0.2) is 55.1 Å². The van der Waals surface area contributed by atoms with Gasteiger partial charge in [-0.3, -0.25) is 9.59 Å². The minimum atomic E-state index is -0.519. The number of nitrogens with zero attached hydrogens (tertiary/aromatic N) is 1. The Labute approximate surface area is 138 Å². The molecule has 1 aliphatic rings. The van der Waals surface area contributed by atoms with Crippen LogP contribution < -0.4 is 10.6 Å². The summed E-state index contributed by atoms with van der Waals surface area (Å²) in [5.74, 6) is 0.142. The predicted octanol–water partition coefficient (Wildman–Crippen LogP) is 1.28. The van der Waals surface area contributed by atoms with E-state index in [0.29, 0.717) is 45.3 Å². The van der Waals surface area contributed by atoms with Crippen molar-refractivity contribution in [2.24, 2.45) is 5.92 Å². The number of hydrogen-bond acceptors (Lipinski definition) is 4. The number of piperidine rings is 1. The summed E-state index contributed by atoms with van der Waals surface area (Å²) in [7, 11) is 1.64. The van der Waals surface area contributed by atoms with Gasteiger partial charge in [-0.1, -0.05) is 0 Å². The van der Waals surface area contributed by atoms with E-state index in [1.165, 1.54) is 0 Å². The number of alkyl carbamates (subject to hydrolysis) is 1. The Balaban J connectivity index is 2.18. The number of ether oxygens (including phenoxy) is 1. The lowest BCUT2D eigenvalue weighted by Crippen LogP contribution is -2.42. The van der Waals surface area contributed by atoms with Crippen LogP contribution in [0, 0.1) is 5.92 Å². The van der Waals surface area contributed by atoms with Crippen LogP contribution in [-0.2, 0) is 14.3 Å². The molecule has 132 valence electrons. The van der Waals surface area contributed by atoms with E-state index in [2.05, 4.69) is 10.6 Å². The zero-order valence-electron chi connectivity index (χ0n) is 14.6. The Bertz CT molecular complexity index is 424. The quantitative estimate of drug-likeness (QED) is 0.745. The van der Waals surface area contributed by atoms with Gasteiger partial charge in [0, 0.05) is 39.0 Å². The zero-order valence-corrected chi connectivity index (χ0v) is 14.6. The first-order chi connectivity index (χ1) is 10.7. The average molecular weight is 327 g/mol. The standard InChI is InChI=1S/C16H29N3O4/c1-16(2,3)23-15(22)18-9-5-6-13(20)19-10-7-12(8-11-19)14(21)17-4/h12H,5-11H2,1-4H3,(H,17,21)(H,18,22). The van der Waals surface area contributed by atoms with E-state index >= 15 is 0 Å². The van der Waals surface area contributed by atoms with Crippen LogP contribution >= 0.6 is 0 Å². The number of hydrogen-bond donors (Lipinski definition) is 2. The van der Waals surface area contributed by atoms with Gasteiger partial charge in [0.1, 0.15) is 5.60 Å². The maximum atomic E-state index is 12.1. The summed E-state index contributed by atoms with van der Waals surface area (Å²) < 4.78 is 5.12. The van der Waals surface area contributed by atoms with Crippen LogP contribution in [0.15, 0.2) is 0 Å². The SMILES string of the molecule is CNC(=O)C1CCN(C(=O)CCCNC(=O)OC(C)(C)C)CC1. The molecular weight excluding hydrogens is 298 g/mol. The van der Waals surface area contributed by atoms with Crippen LogP contribution in [0.5, 0.6) is 0 Å². The summed E-state index contributed by atoms with van der Waals surface area (Å²) in [6, 6.07) is 0. The van der Waals surface area contributed by atoms with E-state index in [1.54, 1.807) is 32.7 Å². The van der Waals surface area contributed by atoms with Crippen LogP contribution in [0.25, 0.3) is 0 Å². The minimum absolute atomic E-state index is 0.0119. The summed E-state index contributed by atoms with van der Waals surface area (Å²) in [5.41, 5.74) is -0.519. The fourth-order valence-electron chi connectivity index (χ4n) is 2.50. The highest BCUT2D eigenvalue weighted by atomic mass is 16.6. The largest absolute Gasteiger partial charge is 0.444 e. The molecular formula is C16H29N3O4. The van der Waals surface area contributed by atoms with Crippen molar-refractivity contribution in [3.8, 4) is 0 Å². The molecule has 0 unspecified atom stereocenters. The fourth-order valence-corrected chi connectivity index (χ4v) is 2.50. The number of nitrogens with one attached hydrogen (secondary N) is 2. The predicted molar refractivity (Wildman–Crippen MR) is 86.8 cm³/mol. The Morgan fingerprint density at radius 2 is 1.78 bits per heavy atom. The molecule has 0 radical (unpaired) electrons. The summed E-state index contributed by atoms with van der Waals surface area (Å²) in [4.78, 5) is 36.9. The molecule has 23 heavy (non-hydrogen) atoms. The first kappa shape index (κ1) is 19.3. The number of carbonyl (C=O) groups excluding carboxylic acids is 3. The van der Waals surface area contributed by atoms with Crippen LogP contribution in [0.3, 0.4) is 0 Å². The molecule has 0 aliphatic carbocycles. The van der Waals surface area contributed by atoms with E-state index in [4.69, 9.17) is 4.74 Å². The Hall–Kier alpha value is -1.79. The van der Waals surface area contributed by atoms with Crippen LogP contribution in [0.4, 0.5) is 4.79 Å². The van der Waals surface area contributed by atoms with Gasteiger partial charge in [0.15, 0.2) is 0 Å². The van der Waals surface area contributed by atoms with Crippen molar-refractivity contribution in [1.29, 1.82) is 0 Å². The first-order valence-electron chi connectivity index (χ1n) is 8.19. The number of rotatable bonds is 5. The topological polar surface area (TPSA) is 87.7 Å². The van der Waals surface area contributed by atoms with Gasteiger partial charge in [-0.05, 0) is 40.0 Å². The molecule has 0 spiro atoms. The van der Waals surface area contributed by atoms with Crippen molar-refractivity contribution in [2.45, 2.75) is 52.1 Å². The zero-order chi connectivity index (χ0) is 17.5. The van der Waals surface area contributed by atoms with E-state index in [0.717, 1.165) is 0 Å². The molecule has 7 nitrogen and oxygen atoms in total. The molecule has 0 aromatic carbocycles. The molecule has 1 saturated heterocycles. The van der Waals surface area contributed by atoms with Gasteiger partial charge in [0.25, 0.3) is 0 Å². The van der Waals surface area contributed by atoms with Gasteiger partial charge < -0.3 is 20.3 Å². The highest BCUT2D eigenvalue weighted by Gasteiger charge is 2.26. The summed E-state index contributed by atoms with van der Waals surface area (Å²) >= 11 is 0. The molecule has 0 bridgehead atoms. The van der Waals surface area contributed by atoms with Crippen molar-refractivity contribution in [2.75, 3.05) is 26.7 Å². The Morgan fingerprint density at radius 3 is 2.30 bits per heavy atom.